The maximum absolute atomic E-state index is 11.9. The van der Waals surface area contributed by atoms with Gasteiger partial charge in [-0.2, -0.15) is 0 Å². The van der Waals surface area contributed by atoms with Crippen molar-refractivity contribution < 1.29 is 9.90 Å². The molecular formula is C19H29NO2. The number of rotatable bonds is 3. The van der Waals surface area contributed by atoms with Gasteiger partial charge in [-0.15, -0.1) is 0 Å². The summed E-state index contributed by atoms with van der Waals surface area (Å²) in [7, 11) is 0. The van der Waals surface area contributed by atoms with Gasteiger partial charge in [-0.3, -0.25) is 0 Å². The molecule has 0 spiro atoms. The highest BCUT2D eigenvalue weighted by Gasteiger charge is 2.43. The summed E-state index contributed by atoms with van der Waals surface area (Å²) in [6.07, 6.45) is 0.971. The van der Waals surface area contributed by atoms with E-state index in [-0.39, 0.29) is 11.5 Å². The fourth-order valence-corrected chi connectivity index (χ4v) is 3.93. The molecular weight excluding hydrogens is 274 g/mol. The predicted octanol–water partition coefficient (Wildman–Crippen LogP) is 4.50. The van der Waals surface area contributed by atoms with E-state index in [0.717, 1.165) is 12.1 Å². The van der Waals surface area contributed by atoms with Crippen LogP contribution in [-0.2, 0) is 4.79 Å². The van der Waals surface area contributed by atoms with Crippen LogP contribution in [0.15, 0.2) is 12.1 Å². The van der Waals surface area contributed by atoms with E-state index < -0.39 is 12.0 Å². The highest BCUT2D eigenvalue weighted by Crippen LogP contribution is 2.46. The number of anilines is 1. The van der Waals surface area contributed by atoms with Crippen LogP contribution in [0.1, 0.15) is 63.6 Å². The Morgan fingerprint density at radius 1 is 1.27 bits per heavy atom. The summed E-state index contributed by atoms with van der Waals surface area (Å²) in [5.41, 5.74) is 4.73. The Labute approximate surface area is 134 Å². The summed E-state index contributed by atoms with van der Waals surface area (Å²) in [6, 6.07) is 3.93. The average molecular weight is 303 g/mol. The molecule has 1 N–H and O–H groups in total. The quantitative estimate of drug-likeness (QED) is 0.893. The molecule has 122 valence electrons. The first-order chi connectivity index (χ1) is 10.1. The molecule has 3 nitrogen and oxygen atoms in total. The van der Waals surface area contributed by atoms with E-state index in [2.05, 4.69) is 51.7 Å². The molecule has 0 saturated heterocycles. The van der Waals surface area contributed by atoms with Gasteiger partial charge >= 0.3 is 5.97 Å². The number of hydrogen-bond acceptors (Lipinski definition) is 2. The van der Waals surface area contributed by atoms with Crippen LogP contribution < -0.4 is 4.90 Å². The molecule has 0 saturated carbocycles. The molecule has 2 rings (SSSR count). The van der Waals surface area contributed by atoms with Crippen molar-refractivity contribution >= 4 is 11.7 Å². The van der Waals surface area contributed by atoms with Crippen LogP contribution in [0.5, 0.6) is 0 Å². The Kier molecular flexibility index (Phi) is 4.29. The number of aryl methyl sites for hydroxylation is 2. The second-order valence-electron chi connectivity index (χ2n) is 7.81. The number of carboxylic acid groups (broad SMARTS) is 1. The highest BCUT2D eigenvalue weighted by atomic mass is 16.4. The summed E-state index contributed by atoms with van der Waals surface area (Å²) < 4.78 is 0. The first-order valence-electron chi connectivity index (χ1n) is 8.19. The topological polar surface area (TPSA) is 40.5 Å². The molecule has 0 amide bonds. The summed E-state index contributed by atoms with van der Waals surface area (Å²) in [5.74, 6) is -0.233. The normalized spacial score (nSPS) is 21.6. The van der Waals surface area contributed by atoms with Crippen molar-refractivity contribution in [2.24, 2.45) is 5.92 Å². The molecule has 22 heavy (non-hydrogen) atoms. The van der Waals surface area contributed by atoms with E-state index in [0.29, 0.717) is 5.92 Å². The Bertz CT molecular complexity index is 589. The molecule has 1 aliphatic rings. The van der Waals surface area contributed by atoms with Crippen molar-refractivity contribution in [3.8, 4) is 0 Å². The van der Waals surface area contributed by atoms with Crippen molar-refractivity contribution in [1.82, 2.24) is 0 Å². The van der Waals surface area contributed by atoms with Gasteiger partial charge in [0.05, 0.1) is 0 Å². The highest BCUT2D eigenvalue weighted by molar-refractivity contribution is 5.80. The average Bonchev–Trinajstić information content (AvgIpc) is 2.35. The molecule has 0 radical (unpaired) electrons. The lowest BCUT2D eigenvalue weighted by Gasteiger charge is -2.51. The van der Waals surface area contributed by atoms with E-state index in [4.69, 9.17) is 0 Å². The standard InChI is InChI=1S/C19H29NO2/c1-11(2)17(18(21)22)20-16-9-13(4)12(3)8-15(16)14(5)10-19(20,6)7/h8-9,11,14,17H,10H2,1-7H3,(H,21,22)/t14-,17-/m0/s1. The molecule has 1 heterocycles. The smallest absolute Gasteiger partial charge is 0.326 e. The number of aliphatic carboxylic acids is 1. The Balaban J connectivity index is 2.69. The van der Waals surface area contributed by atoms with Gasteiger partial charge in [-0.05, 0) is 68.7 Å². The molecule has 0 aliphatic carbocycles. The zero-order valence-electron chi connectivity index (χ0n) is 14.9. The van der Waals surface area contributed by atoms with Gasteiger partial charge in [0.1, 0.15) is 6.04 Å². The maximum Gasteiger partial charge on any atom is 0.326 e. The SMILES string of the molecule is Cc1cc2c(cc1C)N([C@H](C(=O)O)C(C)C)C(C)(C)C[C@@H]2C. The number of fused-ring (bicyclic) bond motifs is 1. The predicted molar refractivity (Wildman–Crippen MR) is 91.8 cm³/mol. The number of hydrogen-bond donors (Lipinski definition) is 1. The lowest BCUT2D eigenvalue weighted by atomic mass is 9.77. The minimum Gasteiger partial charge on any atom is -0.480 e. The fourth-order valence-electron chi connectivity index (χ4n) is 3.93. The minimum atomic E-state index is -0.734. The first kappa shape index (κ1) is 16.9. The molecule has 1 aromatic carbocycles. The van der Waals surface area contributed by atoms with Crippen molar-refractivity contribution in [1.29, 1.82) is 0 Å². The van der Waals surface area contributed by atoms with E-state index in [1.165, 1.54) is 16.7 Å². The van der Waals surface area contributed by atoms with Crippen LogP contribution in [-0.4, -0.2) is 22.7 Å². The fraction of sp³-hybridized carbons (Fsp3) is 0.632. The second-order valence-corrected chi connectivity index (χ2v) is 7.81. The molecule has 3 heteroatoms. The van der Waals surface area contributed by atoms with Gasteiger partial charge in [0.2, 0.25) is 0 Å². The van der Waals surface area contributed by atoms with Crippen molar-refractivity contribution in [3.05, 3.63) is 28.8 Å². The molecule has 1 aliphatic heterocycles. The van der Waals surface area contributed by atoms with Gasteiger partial charge in [0, 0.05) is 11.2 Å². The number of carbonyl (C=O) groups is 1. The molecule has 1 aromatic rings. The van der Waals surface area contributed by atoms with Crippen LogP contribution >= 0.6 is 0 Å². The molecule has 0 unspecified atom stereocenters. The van der Waals surface area contributed by atoms with Crippen LogP contribution in [0.3, 0.4) is 0 Å². The molecule has 0 bridgehead atoms. The van der Waals surface area contributed by atoms with Gasteiger partial charge in [-0.1, -0.05) is 26.8 Å². The van der Waals surface area contributed by atoms with Gasteiger partial charge < -0.3 is 10.0 Å². The zero-order valence-corrected chi connectivity index (χ0v) is 14.9. The number of carboxylic acids is 1. The van der Waals surface area contributed by atoms with Gasteiger partial charge in [0.25, 0.3) is 0 Å². The Hall–Kier alpha value is -1.51. The third-order valence-corrected chi connectivity index (χ3v) is 5.05. The van der Waals surface area contributed by atoms with Gasteiger partial charge in [0.15, 0.2) is 0 Å². The molecule has 0 aromatic heterocycles. The number of benzene rings is 1. The van der Waals surface area contributed by atoms with Crippen LogP contribution in [0, 0.1) is 19.8 Å². The van der Waals surface area contributed by atoms with Crippen LogP contribution in [0.4, 0.5) is 5.69 Å². The maximum atomic E-state index is 11.9. The van der Waals surface area contributed by atoms with E-state index in [1.807, 2.05) is 13.8 Å². The van der Waals surface area contributed by atoms with E-state index in [1.54, 1.807) is 0 Å². The zero-order chi connectivity index (χ0) is 16.8. The van der Waals surface area contributed by atoms with E-state index >= 15 is 0 Å². The van der Waals surface area contributed by atoms with Gasteiger partial charge in [-0.25, -0.2) is 4.79 Å². The molecule has 2 atom stereocenters. The minimum absolute atomic E-state index is 0.0552. The lowest BCUT2D eigenvalue weighted by molar-refractivity contribution is -0.140. The Morgan fingerprint density at radius 2 is 1.82 bits per heavy atom. The summed E-state index contributed by atoms with van der Waals surface area (Å²) in [6.45, 7) is 14.8. The summed E-state index contributed by atoms with van der Waals surface area (Å²) >= 11 is 0. The van der Waals surface area contributed by atoms with Crippen LogP contribution in [0.25, 0.3) is 0 Å². The summed E-state index contributed by atoms with van der Waals surface area (Å²) in [4.78, 5) is 14.1. The molecule has 0 fully saturated rings. The Morgan fingerprint density at radius 3 is 2.32 bits per heavy atom. The first-order valence-corrected chi connectivity index (χ1v) is 8.19. The summed E-state index contributed by atoms with van der Waals surface area (Å²) in [5, 5.41) is 9.80. The largest absolute Gasteiger partial charge is 0.480 e. The van der Waals surface area contributed by atoms with Crippen molar-refractivity contribution in [3.63, 3.8) is 0 Å². The lowest BCUT2D eigenvalue weighted by Crippen LogP contribution is -2.58. The van der Waals surface area contributed by atoms with Crippen LogP contribution in [0.2, 0.25) is 0 Å². The second kappa shape index (κ2) is 5.60. The number of nitrogens with zero attached hydrogens (tertiary/aromatic N) is 1. The van der Waals surface area contributed by atoms with E-state index in [9.17, 15) is 9.90 Å². The van der Waals surface area contributed by atoms with Crippen molar-refractivity contribution in [2.75, 3.05) is 4.90 Å². The van der Waals surface area contributed by atoms with Crippen molar-refractivity contribution in [2.45, 2.75) is 72.4 Å². The third-order valence-electron chi connectivity index (χ3n) is 5.05. The third kappa shape index (κ3) is 2.73. The monoisotopic (exact) mass is 303 g/mol.